The van der Waals surface area contributed by atoms with Gasteiger partial charge in [-0.25, -0.2) is 0 Å². The van der Waals surface area contributed by atoms with Crippen LogP contribution in [0.3, 0.4) is 0 Å². The average Bonchev–Trinajstić information content (AvgIpc) is 3.24. The van der Waals surface area contributed by atoms with Crippen LogP contribution in [0.15, 0.2) is 60.7 Å². The number of benzene rings is 3. The van der Waals surface area contributed by atoms with Gasteiger partial charge < -0.3 is 4.57 Å². The predicted molar refractivity (Wildman–Crippen MR) is 99.4 cm³/mol. The van der Waals surface area contributed by atoms with Crippen molar-refractivity contribution in [1.29, 1.82) is 0 Å². The highest BCUT2D eigenvalue weighted by Crippen LogP contribution is 2.46. The Bertz CT molecular complexity index is 1160. The molecule has 2 aliphatic carbocycles. The van der Waals surface area contributed by atoms with E-state index in [1.54, 1.807) is 0 Å². The molecule has 0 bridgehead atoms. The minimum atomic E-state index is 1.05. The number of hydrogen-bond acceptors (Lipinski definition) is 0. The Morgan fingerprint density at radius 1 is 0.708 bits per heavy atom. The summed E-state index contributed by atoms with van der Waals surface area (Å²) in [4.78, 5) is 0. The molecule has 0 saturated carbocycles. The number of nitrogens with zero attached hydrogens (tertiary/aromatic N) is 1. The van der Waals surface area contributed by atoms with Gasteiger partial charge in [0.2, 0.25) is 0 Å². The Morgan fingerprint density at radius 2 is 1.42 bits per heavy atom. The Kier molecular flexibility index (Phi) is 2.20. The molecular weight excluding hydrogens is 290 g/mol. The van der Waals surface area contributed by atoms with Crippen LogP contribution >= 0.6 is 0 Å². The van der Waals surface area contributed by atoms with E-state index < -0.39 is 0 Å². The molecule has 114 valence electrons. The first-order valence-electron chi connectivity index (χ1n) is 8.62. The van der Waals surface area contributed by atoms with E-state index in [0.717, 1.165) is 12.8 Å². The monoisotopic (exact) mass is 307 g/mol. The predicted octanol–water partition coefficient (Wildman–Crippen LogP) is 5.32. The molecule has 3 aromatic carbocycles. The van der Waals surface area contributed by atoms with Crippen molar-refractivity contribution in [3.8, 4) is 22.3 Å². The number of rotatable bonds is 0. The lowest BCUT2D eigenvalue weighted by Gasteiger charge is -2.06. The molecule has 0 N–H and O–H groups in total. The second-order valence-electron chi connectivity index (χ2n) is 7.08. The molecule has 1 heteroatoms. The van der Waals surface area contributed by atoms with E-state index in [0.29, 0.717) is 0 Å². The number of aryl methyl sites for hydroxylation is 1. The lowest BCUT2D eigenvalue weighted by molar-refractivity contribution is 0.894. The first kappa shape index (κ1) is 12.6. The Balaban J connectivity index is 1.70. The summed E-state index contributed by atoms with van der Waals surface area (Å²) in [6.07, 6.45) is 2.12. The molecule has 0 amide bonds. The van der Waals surface area contributed by atoms with E-state index in [2.05, 4.69) is 72.3 Å². The zero-order chi connectivity index (χ0) is 15.8. The lowest BCUT2D eigenvalue weighted by Crippen LogP contribution is -1.94. The molecule has 1 heterocycles. The highest BCUT2D eigenvalue weighted by atomic mass is 15.0. The van der Waals surface area contributed by atoms with Gasteiger partial charge in [-0.05, 0) is 51.9 Å². The van der Waals surface area contributed by atoms with Gasteiger partial charge in [0.05, 0.1) is 0 Å². The van der Waals surface area contributed by atoms with Crippen molar-refractivity contribution in [2.45, 2.75) is 12.8 Å². The molecule has 4 aromatic rings. The Labute approximate surface area is 141 Å². The summed E-state index contributed by atoms with van der Waals surface area (Å²) >= 11 is 0. The third-order valence-electron chi connectivity index (χ3n) is 5.88. The van der Waals surface area contributed by atoms with Gasteiger partial charge in [-0.15, -0.1) is 0 Å². The summed E-state index contributed by atoms with van der Waals surface area (Å²) in [6.45, 7) is 0. The molecule has 0 fully saturated rings. The number of aromatic nitrogens is 1. The van der Waals surface area contributed by atoms with Crippen LogP contribution in [0.25, 0.3) is 33.2 Å². The Morgan fingerprint density at radius 3 is 2.25 bits per heavy atom. The summed E-state index contributed by atoms with van der Waals surface area (Å²) in [5, 5.41) is 1.42. The maximum Gasteiger partial charge on any atom is 0.0492 e. The van der Waals surface area contributed by atoms with E-state index in [9.17, 15) is 0 Å². The van der Waals surface area contributed by atoms with Crippen molar-refractivity contribution in [2.75, 3.05) is 0 Å². The van der Waals surface area contributed by atoms with Crippen LogP contribution in [0.2, 0.25) is 0 Å². The summed E-state index contributed by atoms with van der Waals surface area (Å²) in [7, 11) is 2.22. The molecule has 6 rings (SSSR count). The molecule has 0 atom stereocenters. The molecule has 0 radical (unpaired) electrons. The zero-order valence-electron chi connectivity index (χ0n) is 13.6. The van der Waals surface area contributed by atoms with Gasteiger partial charge in [-0.1, -0.05) is 48.5 Å². The van der Waals surface area contributed by atoms with E-state index in [4.69, 9.17) is 0 Å². The first-order chi connectivity index (χ1) is 11.8. The van der Waals surface area contributed by atoms with Gasteiger partial charge in [0, 0.05) is 35.6 Å². The second kappa shape index (κ2) is 4.18. The normalized spacial score (nSPS) is 13.7. The maximum atomic E-state index is 2.45. The van der Waals surface area contributed by atoms with Crippen molar-refractivity contribution < 1.29 is 0 Å². The standard InChI is InChI=1S/C23H17N/c1-24-21-13-19-16(10-14-6-2-4-8-17(14)19)11-20(21)23-18-9-5-3-7-15(18)12-22(23)24/h2-9,11,13H,10,12H2,1H3. The topological polar surface area (TPSA) is 4.93 Å². The molecule has 0 unspecified atom stereocenters. The van der Waals surface area contributed by atoms with Crippen LogP contribution in [0.5, 0.6) is 0 Å². The van der Waals surface area contributed by atoms with Gasteiger partial charge >= 0.3 is 0 Å². The molecule has 0 spiro atoms. The molecular formula is C23H17N. The first-order valence-corrected chi connectivity index (χ1v) is 8.62. The van der Waals surface area contributed by atoms with Crippen molar-refractivity contribution in [1.82, 2.24) is 4.57 Å². The van der Waals surface area contributed by atoms with Gasteiger partial charge in [0.1, 0.15) is 0 Å². The summed E-state index contributed by atoms with van der Waals surface area (Å²) < 4.78 is 2.41. The van der Waals surface area contributed by atoms with Crippen LogP contribution in [-0.4, -0.2) is 4.57 Å². The maximum absolute atomic E-state index is 2.45. The van der Waals surface area contributed by atoms with E-state index in [-0.39, 0.29) is 0 Å². The SMILES string of the molecule is Cn1c2c(c3cc4c(cc31)-c1ccccc1C4)-c1ccccc1C2. The van der Waals surface area contributed by atoms with Crippen molar-refractivity contribution >= 4 is 10.9 Å². The minimum absolute atomic E-state index is 1.05. The average molecular weight is 307 g/mol. The highest BCUT2D eigenvalue weighted by Gasteiger charge is 2.27. The molecule has 0 aliphatic heterocycles. The molecule has 24 heavy (non-hydrogen) atoms. The van der Waals surface area contributed by atoms with Gasteiger partial charge in [0.15, 0.2) is 0 Å². The van der Waals surface area contributed by atoms with Gasteiger partial charge in [-0.2, -0.15) is 0 Å². The van der Waals surface area contributed by atoms with E-state index in [1.165, 1.54) is 55.5 Å². The molecule has 2 aliphatic rings. The van der Waals surface area contributed by atoms with Crippen molar-refractivity contribution in [3.05, 3.63) is 83.0 Å². The zero-order valence-corrected chi connectivity index (χ0v) is 13.6. The van der Waals surface area contributed by atoms with E-state index in [1.807, 2.05) is 0 Å². The van der Waals surface area contributed by atoms with Crippen LogP contribution in [-0.2, 0) is 19.9 Å². The second-order valence-corrected chi connectivity index (χ2v) is 7.08. The molecule has 0 saturated heterocycles. The number of hydrogen-bond donors (Lipinski definition) is 0. The summed E-state index contributed by atoms with van der Waals surface area (Å²) in [6, 6.07) is 22.6. The number of fused-ring (bicyclic) bond motifs is 8. The minimum Gasteiger partial charge on any atom is -0.347 e. The fourth-order valence-electron chi connectivity index (χ4n) is 4.73. The summed E-state index contributed by atoms with van der Waals surface area (Å²) in [5.74, 6) is 0. The van der Waals surface area contributed by atoms with Crippen LogP contribution < -0.4 is 0 Å². The highest BCUT2D eigenvalue weighted by molar-refractivity contribution is 6.03. The summed E-state index contributed by atoms with van der Waals surface area (Å²) in [5.41, 5.74) is 12.9. The largest absolute Gasteiger partial charge is 0.347 e. The third kappa shape index (κ3) is 1.41. The fraction of sp³-hybridized carbons (Fsp3) is 0.130. The van der Waals surface area contributed by atoms with Crippen molar-refractivity contribution in [2.24, 2.45) is 7.05 Å². The van der Waals surface area contributed by atoms with Gasteiger partial charge in [0.25, 0.3) is 0 Å². The lowest BCUT2D eigenvalue weighted by atomic mass is 10.00. The van der Waals surface area contributed by atoms with Crippen LogP contribution in [0.4, 0.5) is 0 Å². The smallest absolute Gasteiger partial charge is 0.0492 e. The fourth-order valence-corrected chi connectivity index (χ4v) is 4.73. The molecule has 1 aromatic heterocycles. The van der Waals surface area contributed by atoms with E-state index >= 15 is 0 Å². The quantitative estimate of drug-likeness (QED) is 0.358. The van der Waals surface area contributed by atoms with Crippen LogP contribution in [0.1, 0.15) is 22.4 Å². The molecule has 1 nitrogen and oxygen atoms in total. The third-order valence-corrected chi connectivity index (χ3v) is 5.88. The van der Waals surface area contributed by atoms with Gasteiger partial charge in [-0.3, -0.25) is 0 Å². The van der Waals surface area contributed by atoms with Crippen LogP contribution in [0, 0.1) is 0 Å². The van der Waals surface area contributed by atoms with Crippen molar-refractivity contribution in [3.63, 3.8) is 0 Å². The Hall–Kier alpha value is -2.80.